The summed E-state index contributed by atoms with van der Waals surface area (Å²) < 4.78 is 75.7. The zero-order chi connectivity index (χ0) is 27.0. The van der Waals surface area contributed by atoms with Gasteiger partial charge >= 0.3 is 0 Å². The lowest BCUT2D eigenvalue weighted by Crippen LogP contribution is -2.38. The van der Waals surface area contributed by atoms with Crippen molar-refractivity contribution < 1.29 is 31.4 Å². The molecule has 200 valence electrons. The van der Waals surface area contributed by atoms with Crippen LogP contribution < -0.4 is 14.2 Å². The number of rotatable bonds is 10. The van der Waals surface area contributed by atoms with Crippen molar-refractivity contribution in [1.82, 2.24) is 24.7 Å². The van der Waals surface area contributed by atoms with Crippen molar-refractivity contribution in [3.05, 3.63) is 47.3 Å². The maximum Gasteiger partial charge on any atom is 0.258 e. The molecule has 0 radical (unpaired) electrons. The predicted octanol–water partition coefficient (Wildman–Crippen LogP) is 3.76. The number of para-hydroxylation sites is 1. The first-order valence-corrected chi connectivity index (χ1v) is 13.0. The summed E-state index contributed by atoms with van der Waals surface area (Å²) in [6.07, 6.45) is 1.38. The van der Waals surface area contributed by atoms with Gasteiger partial charge in [0.1, 0.15) is 34.4 Å². The van der Waals surface area contributed by atoms with Gasteiger partial charge in [0.15, 0.2) is 5.82 Å². The number of hydrogen-bond acceptors (Lipinski definition) is 9. The second-order valence-corrected chi connectivity index (χ2v) is 10.8. The molecule has 1 aliphatic carbocycles. The lowest BCUT2D eigenvalue weighted by molar-refractivity contribution is -0.0994. The molecule has 3 aromatic rings. The Hall–Kier alpha value is -3.10. The molecule has 3 atom stereocenters. The normalized spacial score (nSPS) is 18.5. The zero-order valence-corrected chi connectivity index (χ0v) is 21.9. The highest BCUT2D eigenvalue weighted by molar-refractivity contribution is 7.93. The van der Waals surface area contributed by atoms with E-state index in [0.717, 1.165) is 0 Å². The molecule has 0 aliphatic heterocycles. The lowest BCUT2D eigenvalue weighted by atomic mass is 9.80. The van der Waals surface area contributed by atoms with E-state index in [1.807, 2.05) is 0 Å². The molecule has 1 N–H and O–H groups in total. The molecule has 1 aromatic carbocycles. The quantitative estimate of drug-likeness (QED) is 0.395. The zero-order valence-electron chi connectivity index (χ0n) is 20.4. The van der Waals surface area contributed by atoms with E-state index in [4.69, 9.17) is 25.8 Å². The summed E-state index contributed by atoms with van der Waals surface area (Å²) in [5.74, 6) is -4.20. The molecule has 1 aliphatic rings. The standard InChI is InChI=1S/C22H25ClF2N6O5S/c1-12(18(36-4)19-26-10-13(23)11-27-19)37(32,33)30-21-29-28-20(14-8-9-22(14,24)25)31(21)17-15(34-2)6-5-7-16(17)35-3/h5-7,10-12,14,18H,8-9H2,1-4H3,(H,29,30)/t12-,14-,18-/m0/s1. The van der Waals surface area contributed by atoms with Gasteiger partial charge in [0, 0.05) is 25.9 Å². The van der Waals surface area contributed by atoms with Crippen molar-refractivity contribution in [1.29, 1.82) is 0 Å². The third-order valence-corrected chi connectivity index (χ3v) is 8.09. The Kier molecular flexibility index (Phi) is 7.53. The molecule has 1 saturated carbocycles. The highest BCUT2D eigenvalue weighted by Crippen LogP contribution is 2.51. The van der Waals surface area contributed by atoms with E-state index in [2.05, 4.69) is 24.9 Å². The highest BCUT2D eigenvalue weighted by atomic mass is 35.5. The van der Waals surface area contributed by atoms with Gasteiger partial charge < -0.3 is 14.2 Å². The van der Waals surface area contributed by atoms with Crippen LogP contribution in [0.3, 0.4) is 0 Å². The highest BCUT2D eigenvalue weighted by Gasteiger charge is 2.52. The Labute approximate surface area is 217 Å². The first kappa shape index (κ1) is 26.9. The average molecular weight is 559 g/mol. The second-order valence-electron chi connectivity index (χ2n) is 8.35. The van der Waals surface area contributed by atoms with Crippen LogP contribution in [0.5, 0.6) is 11.5 Å². The molecule has 0 amide bonds. The number of methoxy groups -OCH3 is 3. The Morgan fingerprint density at radius 3 is 2.24 bits per heavy atom. The van der Waals surface area contributed by atoms with E-state index in [0.29, 0.717) is 0 Å². The molecule has 0 bridgehead atoms. The van der Waals surface area contributed by atoms with Crippen molar-refractivity contribution in [2.24, 2.45) is 0 Å². The summed E-state index contributed by atoms with van der Waals surface area (Å²) in [6, 6.07) is 4.81. The van der Waals surface area contributed by atoms with Gasteiger partial charge in [-0.3, -0.25) is 9.29 Å². The van der Waals surface area contributed by atoms with Crippen LogP contribution in [-0.2, 0) is 14.8 Å². The van der Waals surface area contributed by atoms with E-state index in [1.54, 1.807) is 18.2 Å². The molecular formula is C22H25ClF2N6O5S. The van der Waals surface area contributed by atoms with Crippen molar-refractivity contribution >= 4 is 27.6 Å². The Balaban J connectivity index is 1.80. The van der Waals surface area contributed by atoms with Crippen LogP contribution in [0.4, 0.5) is 14.7 Å². The van der Waals surface area contributed by atoms with Crippen LogP contribution in [0.2, 0.25) is 5.02 Å². The topological polar surface area (TPSA) is 130 Å². The summed E-state index contributed by atoms with van der Waals surface area (Å²) in [5.41, 5.74) is 0.171. The summed E-state index contributed by atoms with van der Waals surface area (Å²) in [7, 11) is -0.169. The number of ether oxygens (including phenoxy) is 3. The molecule has 2 heterocycles. The fourth-order valence-electron chi connectivity index (χ4n) is 4.04. The van der Waals surface area contributed by atoms with Crippen molar-refractivity contribution in [2.45, 2.75) is 43.0 Å². The molecule has 1 fully saturated rings. The van der Waals surface area contributed by atoms with Gasteiger partial charge in [-0.1, -0.05) is 17.7 Å². The van der Waals surface area contributed by atoms with Gasteiger partial charge in [-0.25, -0.2) is 27.2 Å². The third-order valence-electron chi connectivity index (χ3n) is 6.20. The van der Waals surface area contributed by atoms with E-state index in [-0.39, 0.29) is 52.6 Å². The van der Waals surface area contributed by atoms with Crippen molar-refractivity contribution in [3.8, 4) is 17.2 Å². The number of nitrogens with one attached hydrogen (secondary N) is 1. The number of sulfonamides is 1. The minimum Gasteiger partial charge on any atom is -0.494 e. The van der Waals surface area contributed by atoms with Gasteiger partial charge in [-0.05, 0) is 25.5 Å². The molecule has 4 rings (SSSR count). The van der Waals surface area contributed by atoms with E-state index < -0.39 is 33.2 Å². The van der Waals surface area contributed by atoms with E-state index >= 15 is 0 Å². The van der Waals surface area contributed by atoms with Gasteiger partial charge in [0.2, 0.25) is 16.0 Å². The number of halogens is 3. The second kappa shape index (κ2) is 10.3. The summed E-state index contributed by atoms with van der Waals surface area (Å²) in [6.45, 7) is 1.39. The monoisotopic (exact) mass is 558 g/mol. The minimum absolute atomic E-state index is 0.0902. The molecule has 0 unspecified atom stereocenters. The lowest BCUT2D eigenvalue weighted by Gasteiger charge is -2.35. The number of aromatic nitrogens is 5. The molecule has 2 aromatic heterocycles. The number of benzene rings is 1. The number of alkyl halides is 2. The average Bonchev–Trinajstić information content (AvgIpc) is 3.25. The fourth-order valence-corrected chi connectivity index (χ4v) is 5.27. The molecule has 15 heteroatoms. The van der Waals surface area contributed by atoms with Crippen LogP contribution in [0.15, 0.2) is 30.6 Å². The third kappa shape index (κ3) is 5.05. The minimum atomic E-state index is -4.26. The largest absolute Gasteiger partial charge is 0.494 e. The summed E-state index contributed by atoms with van der Waals surface area (Å²) >= 11 is 5.84. The van der Waals surface area contributed by atoms with E-state index in [9.17, 15) is 17.2 Å². The first-order chi connectivity index (χ1) is 17.5. The van der Waals surface area contributed by atoms with Crippen LogP contribution in [0, 0.1) is 0 Å². The Morgan fingerprint density at radius 1 is 1.14 bits per heavy atom. The maximum absolute atomic E-state index is 14.5. The maximum atomic E-state index is 14.5. The molecule has 11 nitrogen and oxygen atoms in total. The van der Waals surface area contributed by atoms with Gasteiger partial charge in [0.05, 0.1) is 25.2 Å². The van der Waals surface area contributed by atoms with Crippen molar-refractivity contribution in [3.63, 3.8) is 0 Å². The number of nitrogens with zero attached hydrogens (tertiary/aromatic N) is 5. The van der Waals surface area contributed by atoms with E-state index in [1.165, 1.54) is 45.2 Å². The van der Waals surface area contributed by atoms with Crippen molar-refractivity contribution in [2.75, 3.05) is 26.1 Å². The molecular weight excluding hydrogens is 534 g/mol. The van der Waals surface area contributed by atoms with Crippen LogP contribution in [0.1, 0.15) is 43.4 Å². The van der Waals surface area contributed by atoms with Gasteiger partial charge in [0.25, 0.3) is 5.92 Å². The fraction of sp³-hybridized carbons (Fsp3) is 0.455. The Bertz CT molecular complexity index is 1350. The summed E-state index contributed by atoms with van der Waals surface area (Å²) in [5, 5.41) is 6.93. The SMILES string of the molecule is COc1cccc(OC)c1-n1c(NS(=O)(=O)[C@@H](C)[C@H](OC)c2ncc(Cl)cn2)nnc1[C@@H]1CCC1(F)F. The van der Waals surface area contributed by atoms with Crippen LogP contribution >= 0.6 is 11.6 Å². The van der Waals surface area contributed by atoms with Crippen LogP contribution in [-0.4, -0.2) is 65.7 Å². The Morgan fingerprint density at radius 2 is 1.76 bits per heavy atom. The first-order valence-electron chi connectivity index (χ1n) is 11.1. The summed E-state index contributed by atoms with van der Waals surface area (Å²) in [4.78, 5) is 8.11. The molecule has 0 saturated heterocycles. The smallest absolute Gasteiger partial charge is 0.258 e. The van der Waals surface area contributed by atoms with Gasteiger partial charge in [-0.2, -0.15) is 0 Å². The molecule has 0 spiro atoms. The van der Waals surface area contributed by atoms with Gasteiger partial charge in [-0.15, -0.1) is 10.2 Å². The number of hydrogen-bond donors (Lipinski definition) is 1. The number of anilines is 1. The van der Waals surface area contributed by atoms with Crippen LogP contribution in [0.25, 0.3) is 5.69 Å². The molecule has 37 heavy (non-hydrogen) atoms. The predicted molar refractivity (Wildman–Crippen MR) is 130 cm³/mol.